The average molecular weight is 255 g/mol. The molecule has 3 rings (SSSR count). The van der Waals surface area contributed by atoms with E-state index in [1.807, 2.05) is 30.3 Å². The van der Waals surface area contributed by atoms with Crippen molar-refractivity contribution in [3.05, 3.63) is 52.4 Å². The Balaban J connectivity index is 2.25. The molecule has 6 heteroatoms. The summed E-state index contributed by atoms with van der Waals surface area (Å²) in [6.07, 6.45) is 1.21. The van der Waals surface area contributed by atoms with Gasteiger partial charge in [-0.1, -0.05) is 18.2 Å². The number of ketones is 1. The molecule has 0 bridgehead atoms. The van der Waals surface area contributed by atoms with E-state index in [4.69, 9.17) is 4.42 Å². The molecule has 0 saturated heterocycles. The van der Waals surface area contributed by atoms with Crippen LogP contribution < -0.4 is 5.56 Å². The Bertz CT molecular complexity index is 818. The largest absolute Gasteiger partial charge is 0.403 e. The quantitative estimate of drug-likeness (QED) is 0.649. The zero-order valence-corrected chi connectivity index (χ0v) is 10.0. The molecule has 0 aliphatic rings. The van der Waals surface area contributed by atoms with Crippen LogP contribution in [0, 0.1) is 0 Å². The highest BCUT2D eigenvalue weighted by atomic mass is 16.4. The molecule has 6 nitrogen and oxygen atoms in total. The minimum atomic E-state index is -0.525. The fraction of sp³-hybridized carbons (Fsp3) is 0.0769. The van der Waals surface area contributed by atoms with E-state index in [1.54, 1.807) is 0 Å². The maximum absolute atomic E-state index is 12.0. The van der Waals surface area contributed by atoms with Gasteiger partial charge in [0.1, 0.15) is 5.56 Å². The lowest BCUT2D eigenvalue weighted by molar-refractivity contribution is 0.101. The van der Waals surface area contributed by atoms with E-state index in [1.165, 1.54) is 13.1 Å². The molecule has 0 fully saturated rings. The topological polar surface area (TPSA) is 77.5 Å². The number of hydrogen-bond donors (Lipinski definition) is 0. The molecule has 0 aliphatic heterocycles. The van der Waals surface area contributed by atoms with Gasteiger partial charge in [-0.15, -0.1) is 9.61 Å². The highest BCUT2D eigenvalue weighted by molar-refractivity contribution is 5.93. The molecule has 0 radical (unpaired) electrons. The van der Waals surface area contributed by atoms with Gasteiger partial charge in [-0.2, -0.15) is 0 Å². The van der Waals surface area contributed by atoms with Crippen molar-refractivity contribution in [2.24, 2.45) is 0 Å². The minimum absolute atomic E-state index is 0.00888. The predicted molar refractivity (Wildman–Crippen MR) is 67.0 cm³/mol. The van der Waals surface area contributed by atoms with Crippen molar-refractivity contribution in [1.82, 2.24) is 14.6 Å². The zero-order chi connectivity index (χ0) is 13.4. The Hall–Kier alpha value is -2.76. The number of Topliss-reactive ketones (excluding diaryl/α,β-unsaturated/α-hetero) is 1. The van der Waals surface area contributed by atoms with Gasteiger partial charge in [0.2, 0.25) is 5.89 Å². The Morgan fingerprint density at radius 3 is 2.68 bits per heavy atom. The van der Waals surface area contributed by atoms with Crippen LogP contribution in [0.5, 0.6) is 0 Å². The lowest BCUT2D eigenvalue weighted by atomic mass is 10.2. The minimum Gasteiger partial charge on any atom is -0.403 e. The normalized spacial score (nSPS) is 10.8. The van der Waals surface area contributed by atoms with Crippen molar-refractivity contribution >= 4 is 11.6 Å². The molecule has 2 aromatic heterocycles. The van der Waals surface area contributed by atoms with Crippen molar-refractivity contribution in [3.63, 3.8) is 0 Å². The van der Waals surface area contributed by atoms with Gasteiger partial charge in [-0.3, -0.25) is 9.59 Å². The first-order valence-corrected chi connectivity index (χ1v) is 5.62. The summed E-state index contributed by atoms with van der Waals surface area (Å²) < 4.78 is 6.40. The van der Waals surface area contributed by atoms with E-state index in [-0.39, 0.29) is 23.1 Å². The van der Waals surface area contributed by atoms with E-state index in [9.17, 15) is 9.59 Å². The van der Waals surface area contributed by atoms with Crippen molar-refractivity contribution in [3.8, 4) is 11.5 Å². The van der Waals surface area contributed by atoms with Gasteiger partial charge >= 0.3 is 5.84 Å². The summed E-state index contributed by atoms with van der Waals surface area (Å²) in [6.45, 7) is 1.31. The standard InChI is InChI=1S/C13H9N3O3/c1-8(17)10-7-14-13-16(12(10)18)15-11(19-13)9-5-3-2-4-6-9/h2-7H,1H3. The molecule has 1 aromatic carbocycles. The van der Waals surface area contributed by atoms with Crippen molar-refractivity contribution in [2.45, 2.75) is 6.92 Å². The number of carbonyl (C=O) groups excluding carboxylic acids is 1. The van der Waals surface area contributed by atoms with Gasteiger partial charge in [-0.25, -0.2) is 4.98 Å². The molecule has 0 amide bonds. The van der Waals surface area contributed by atoms with E-state index >= 15 is 0 Å². The maximum atomic E-state index is 12.0. The molecule has 19 heavy (non-hydrogen) atoms. The maximum Gasteiger partial charge on any atom is 0.328 e. The van der Waals surface area contributed by atoms with Crippen molar-refractivity contribution < 1.29 is 9.21 Å². The summed E-state index contributed by atoms with van der Waals surface area (Å²) in [5.41, 5.74) is 0.200. The molecule has 0 spiro atoms. The summed E-state index contributed by atoms with van der Waals surface area (Å²) in [7, 11) is 0. The number of benzene rings is 1. The summed E-state index contributed by atoms with van der Waals surface area (Å²) >= 11 is 0. The zero-order valence-electron chi connectivity index (χ0n) is 10.0. The van der Waals surface area contributed by atoms with Gasteiger partial charge in [0.05, 0.1) is 0 Å². The Kier molecular flexibility index (Phi) is 2.49. The van der Waals surface area contributed by atoms with Gasteiger partial charge in [0.15, 0.2) is 5.78 Å². The number of hydrogen-bond acceptors (Lipinski definition) is 5. The smallest absolute Gasteiger partial charge is 0.328 e. The second-order valence-electron chi connectivity index (χ2n) is 4.00. The SMILES string of the molecule is CC(=O)c1cnc2oc(-c3ccccc3)nn2c1=O. The fourth-order valence-corrected chi connectivity index (χ4v) is 1.72. The third kappa shape index (κ3) is 1.83. The highest BCUT2D eigenvalue weighted by Gasteiger charge is 2.14. The molecule has 94 valence electrons. The van der Waals surface area contributed by atoms with Crippen LogP contribution in [0.25, 0.3) is 17.3 Å². The van der Waals surface area contributed by atoms with Crippen LogP contribution in [0.15, 0.2) is 45.7 Å². The van der Waals surface area contributed by atoms with Gasteiger partial charge in [0, 0.05) is 11.8 Å². The van der Waals surface area contributed by atoms with Crippen molar-refractivity contribution in [1.29, 1.82) is 0 Å². The van der Waals surface area contributed by atoms with Gasteiger partial charge < -0.3 is 4.42 Å². The molecule has 3 aromatic rings. The molecular formula is C13H9N3O3. The number of nitrogens with zero attached hydrogens (tertiary/aromatic N) is 3. The Morgan fingerprint density at radius 2 is 2.00 bits per heavy atom. The first-order valence-electron chi connectivity index (χ1n) is 5.62. The van der Waals surface area contributed by atoms with Crippen LogP contribution in [0.4, 0.5) is 0 Å². The van der Waals surface area contributed by atoms with Crippen LogP contribution in [-0.2, 0) is 0 Å². The Morgan fingerprint density at radius 1 is 1.26 bits per heavy atom. The van der Waals surface area contributed by atoms with E-state index in [2.05, 4.69) is 10.1 Å². The summed E-state index contributed by atoms with van der Waals surface area (Å²) in [5.74, 6) is -0.00378. The monoisotopic (exact) mass is 255 g/mol. The van der Waals surface area contributed by atoms with Crippen LogP contribution >= 0.6 is 0 Å². The molecule has 2 heterocycles. The third-order valence-electron chi connectivity index (χ3n) is 2.69. The van der Waals surface area contributed by atoms with Gasteiger partial charge in [0.25, 0.3) is 5.56 Å². The second-order valence-corrected chi connectivity index (χ2v) is 4.00. The lowest BCUT2D eigenvalue weighted by Gasteiger charge is -1.91. The Labute approximate surface area is 107 Å². The number of carbonyl (C=O) groups is 1. The van der Waals surface area contributed by atoms with E-state index in [0.29, 0.717) is 0 Å². The van der Waals surface area contributed by atoms with Crippen LogP contribution in [0.3, 0.4) is 0 Å². The summed E-state index contributed by atoms with van der Waals surface area (Å²) in [5, 5.41) is 4.05. The summed E-state index contributed by atoms with van der Waals surface area (Å²) in [6, 6.07) is 9.15. The molecular weight excluding hydrogens is 246 g/mol. The van der Waals surface area contributed by atoms with Crippen molar-refractivity contribution in [2.75, 3.05) is 0 Å². The van der Waals surface area contributed by atoms with Crippen LogP contribution in [0.1, 0.15) is 17.3 Å². The second kappa shape index (κ2) is 4.16. The number of aromatic nitrogens is 3. The molecule has 0 atom stereocenters. The van der Waals surface area contributed by atoms with E-state index in [0.717, 1.165) is 10.1 Å². The lowest BCUT2D eigenvalue weighted by Crippen LogP contribution is -2.21. The highest BCUT2D eigenvalue weighted by Crippen LogP contribution is 2.17. The first kappa shape index (κ1) is 11.3. The van der Waals surface area contributed by atoms with E-state index < -0.39 is 5.56 Å². The number of fused-ring (bicyclic) bond motifs is 1. The first-order chi connectivity index (χ1) is 9.16. The molecule has 0 N–H and O–H groups in total. The third-order valence-corrected chi connectivity index (χ3v) is 2.69. The molecule has 0 aliphatic carbocycles. The summed E-state index contributed by atoms with van der Waals surface area (Å²) in [4.78, 5) is 27.2. The van der Waals surface area contributed by atoms with Gasteiger partial charge in [-0.05, 0) is 19.1 Å². The average Bonchev–Trinajstić information content (AvgIpc) is 2.85. The number of rotatable bonds is 2. The van der Waals surface area contributed by atoms with Crippen LogP contribution in [-0.4, -0.2) is 20.4 Å². The predicted octanol–water partition coefficient (Wildman–Crippen LogP) is 1.55. The fourth-order valence-electron chi connectivity index (χ4n) is 1.72. The molecule has 0 saturated carbocycles. The van der Waals surface area contributed by atoms with Crippen LogP contribution in [0.2, 0.25) is 0 Å². The molecule has 0 unspecified atom stereocenters.